The average Bonchev–Trinajstić information content (AvgIpc) is 3.06. The average molecular weight is 580 g/mol. The summed E-state index contributed by atoms with van der Waals surface area (Å²) >= 11 is 0. The Morgan fingerprint density at radius 2 is 1.32 bits per heavy atom. The highest BCUT2D eigenvalue weighted by atomic mass is 16.2. The van der Waals surface area contributed by atoms with E-state index in [9.17, 15) is 4.79 Å². The topological polar surface area (TPSA) is 70.2 Å². The molecule has 0 saturated heterocycles. The maximum Gasteiger partial charge on any atom is 0.319 e. The number of urea groups is 1. The number of unbranched alkanes of at least 4 members (excludes halogenated alkanes) is 1. The van der Waals surface area contributed by atoms with Crippen LogP contribution in [0.25, 0.3) is 32.7 Å². The number of hydrogen-bond donors (Lipinski definition) is 2. The van der Waals surface area contributed by atoms with Crippen molar-refractivity contribution in [2.24, 2.45) is 0 Å². The van der Waals surface area contributed by atoms with E-state index in [1.165, 1.54) is 16.3 Å². The number of carbonyl (C=O) groups excluding carboxylic acids is 1. The monoisotopic (exact) mass is 579 g/mol. The van der Waals surface area contributed by atoms with Gasteiger partial charge in [-0.05, 0) is 81.7 Å². The first-order chi connectivity index (χ1) is 21.7. The van der Waals surface area contributed by atoms with Crippen molar-refractivity contribution in [3.63, 3.8) is 0 Å². The number of rotatable bonds is 11. The third kappa shape index (κ3) is 7.10. The zero-order valence-corrected chi connectivity index (χ0v) is 25.0. The molecule has 0 saturated carbocycles. The highest BCUT2D eigenvalue weighted by Crippen LogP contribution is 2.32. The number of benzene rings is 4. The lowest BCUT2D eigenvalue weighted by Crippen LogP contribution is -2.29. The molecule has 0 fully saturated rings. The van der Waals surface area contributed by atoms with E-state index in [-0.39, 0.29) is 6.03 Å². The Bertz CT molecular complexity index is 1820. The van der Waals surface area contributed by atoms with Gasteiger partial charge in [-0.3, -0.25) is 14.9 Å². The Morgan fingerprint density at radius 3 is 1.95 bits per heavy atom. The highest BCUT2D eigenvalue weighted by molar-refractivity contribution is 6.03. The van der Waals surface area contributed by atoms with Crippen molar-refractivity contribution in [1.82, 2.24) is 20.2 Å². The molecular weight excluding hydrogens is 542 g/mol. The normalized spacial score (nSPS) is 11.2. The molecule has 4 aromatic carbocycles. The van der Waals surface area contributed by atoms with Crippen molar-refractivity contribution >= 4 is 33.3 Å². The van der Waals surface area contributed by atoms with Crippen LogP contribution < -0.4 is 10.6 Å². The van der Waals surface area contributed by atoms with Crippen molar-refractivity contribution in [1.29, 1.82) is 0 Å². The standard InChI is InChI=1S/C38H37N5O/c1-2-3-20-41-38(44)42-37-15-9-11-29-17-19-31(24-36(29)37)30-18-16-28-10-8-12-32(35(28)23-30)25-43(26-33-13-4-6-21-39-33)27-34-14-5-7-22-40-34/h4-19,21-24H,2-3,20,25-27H2,1H3,(H2,41,42,44). The van der Waals surface area contributed by atoms with Crippen molar-refractivity contribution < 1.29 is 4.79 Å². The summed E-state index contributed by atoms with van der Waals surface area (Å²) in [6, 6.07) is 37.6. The summed E-state index contributed by atoms with van der Waals surface area (Å²) in [5, 5.41) is 10.5. The van der Waals surface area contributed by atoms with Crippen LogP contribution in [-0.2, 0) is 19.6 Å². The molecule has 0 atom stereocenters. The minimum absolute atomic E-state index is 0.173. The summed E-state index contributed by atoms with van der Waals surface area (Å²) in [6.45, 7) is 4.98. The van der Waals surface area contributed by atoms with Gasteiger partial charge >= 0.3 is 6.03 Å². The van der Waals surface area contributed by atoms with Gasteiger partial charge in [0.15, 0.2) is 0 Å². The van der Waals surface area contributed by atoms with Crippen molar-refractivity contribution in [3.05, 3.63) is 139 Å². The fourth-order valence-corrected chi connectivity index (χ4v) is 5.61. The summed E-state index contributed by atoms with van der Waals surface area (Å²) in [6.07, 6.45) is 5.70. The van der Waals surface area contributed by atoms with Gasteiger partial charge in [0.25, 0.3) is 0 Å². The Labute approximate surface area is 258 Å². The number of nitrogens with one attached hydrogen (secondary N) is 2. The molecule has 2 aromatic heterocycles. The number of fused-ring (bicyclic) bond motifs is 2. The minimum Gasteiger partial charge on any atom is -0.338 e. The molecule has 2 amide bonds. The summed E-state index contributed by atoms with van der Waals surface area (Å²) in [5.41, 5.74) is 6.36. The number of amides is 2. The number of hydrogen-bond acceptors (Lipinski definition) is 4. The van der Waals surface area contributed by atoms with Crippen LogP contribution in [0.1, 0.15) is 36.7 Å². The SMILES string of the molecule is CCCCNC(=O)Nc1cccc2ccc(-c3ccc4cccc(CN(Cc5ccccn5)Cc5ccccn5)c4c3)cc12. The maximum absolute atomic E-state index is 12.6. The lowest BCUT2D eigenvalue weighted by molar-refractivity contribution is 0.242. The quantitative estimate of drug-likeness (QED) is 0.151. The van der Waals surface area contributed by atoms with E-state index in [0.717, 1.165) is 71.5 Å². The summed E-state index contributed by atoms with van der Waals surface area (Å²) in [7, 11) is 0. The summed E-state index contributed by atoms with van der Waals surface area (Å²) in [5.74, 6) is 0. The van der Waals surface area contributed by atoms with Crippen LogP contribution >= 0.6 is 0 Å². The lowest BCUT2D eigenvalue weighted by atomic mass is 9.96. The van der Waals surface area contributed by atoms with E-state index >= 15 is 0 Å². The second-order valence-electron chi connectivity index (χ2n) is 11.1. The van der Waals surface area contributed by atoms with Gasteiger partial charge in [0.2, 0.25) is 0 Å². The van der Waals surface area contributed by atoms with Crippen LogP contribution in [0.2, 0.25) is 0 Å². The van der Waals surface area contributed by atoms with E-state index in [4.69, 9.17) is 0 Å². The lowest BCUT2D eigenvalue weighted by Gasteiger charge is -2.23. The molecule has 0 spiro atoms. The van der Waals surface area contributed by atoms with Crippen LogP contribution in [0.5, 0.6) is 0 Å². The van der Waals surface area contributed by atoms with Crippen LogP contribution in [0.15, 0.2) is 122 Å². The van der Waals surface area contributed by atoms with E-state index in [1.54, 1.807) is 0 Å². The number of carbonyl (C=O) groups is 1. The van der Waals surface area contributed by atoms with Crippen LogP contribution in [0, 0.1) is 0 Å². The molecule has 44 heavy (non-hydrogen) atoms. The Morgan fingerprint density at radius 1 is 0.682 bits per heavy atom. The fraction of sp³-hybridized carbons (Fsp3) is 0.184. The largest absolute Gasteiger partial charge is 0.338 e. The second kappa shape index (κ2) is 13.9. The molecule has 6 rings (SSSR count). The van der Waals surface area contributed by atoms with Gasteiger partial charge in [-0.2, -0.15) is 0 Å². The Kier molecular flexibility index (Phi) is 9.19. The zero-order chi connectivity index (χ0) is 30.1. The van der Waals surface area contributed by atoms with Gasteiger partial charge in [-0.25, -0.2) is 4.79 Å². The molecule has 220 valence electrons. The molecule has 0 aliphatic heterocycles. The molecule has 6 aromatic rings. The molecule has 6 heteroatoms. The van der Waals surface area contributed by atoms with Crippen LogP contribution in [0.3, 0.4) is 0 Å². The first-order valence-corrected chi connectivity index (χ1v) is 15.3. The van der Waals surface area contributed by atoms with Crippen LogP contribution in [0.4, 0.5) is 10.5 Å². The Hall–Kier alpha value is -5.07. The Balaban J connectivity index is 1.31. The molecule has 0 aliphatic rings. The van der Waals surface area contributed by atoms with Gasteiger partial charge in [-0.1, -0.05) is 80.1 Å². The van der Waals surface area contributed by atoms with Gasteiger partial charge < -0.3 is 10.6 Å². The van der Waals surface area contributed by atoms with Crippen molar-refractivity contribution in [2.75, 3.05) is 11.9 Å². The predicted molar refractivity (Wildman–Crippen MR) is 180 cm³/mol. The maximum atomic E-state index is 12.6. The van der Waals surface area contributed by atoms with Gasteiger partial charge in [0, 0.05) is 44.0 Å². The fourth-order valence-electron chi connectivity index (χ4n) is 5.61. The molecule has 0 bridgehead atoms. The van der Waals surface area contributed by atoms with E-state index in [1.807, 2.05) is 48.8 Å². The number of nitrogens with zero attached hydrogens (tertiary/aromatic N) is 3. The van der Waals surface area contributed by atoms with Crippen molar-refractivity contribution in [2.45, 2.75) is 39.4 Å². The number of aromatic nitrogens is 2. The van der Waals surface area contributed by atoms with E-state index < -0.39 is 0 Å². The summed E-state index contributed by atoms with van der Waals surface area (Å²) < 4.78 is 0. The minimum atomic E-state index is -0.173. The molecule has 2 heterocycles. The first kappa shape index (κ1) is 29.0. The molecule has 0 radical (unpaired) electrons. The van der Waals surface area contributed by atoms with Crippen molar-refractivity contribution in [3.8, 4) is 11.1 Å². The molecule has 2 N–H and O–H groups in total. The zero-order valence-electron chi connectivity index (χ0n) is 25.0. The van der Waals surface area contributed by atoms with E-state index in [2.05, 4.69) is 105 Å². The van der Waals surface area contributed by atoms with Crippen LogP contribution in [-0.4, -0.2) is 27.4 Å². The smallest absolute Gasteiger partial charge is 0.319 e. The molecule has 0 aliphatic carbocycles. The third-order valence-corrected chi connectivity index (χ3v) is 7.87. The second-order valence-corrected chi connectivity index (χ2v) is 11.1. The predicted octanol–water partition coefficient (Wildman–Crippen LogP) is 8.57. The molecular formula is C38H37N5O. The van der Waals surface area contributed by atoms with Gasteiger partial charge in [0.05, 0.1) is 17.1 Å². The number of pyridine rings is 2. The summed E-state index contributed by atoms with van der Waals surface area (Å²) in [4.78, 5) is 24.1. The molecule has 0 unspecified atom stereocenters. The van der Waals surface area contributed by atoms with E-state index in [0.29, 0.717) is 6.54 Å². The third-order valence-electron chi connectivity index (χ3n) is 7.87. The first-order valence-electron chi connectivity index (χ1n) is 15.3. The molecule has 6 nitrogen and oxygen atoms in total. The van der Waals surface area contributed by atoms with Gasteiger partial charge in [-0.15, -0.1) is 0 Å². The highest BCUT2D eigenvalue weighted by Gasteiger charge is 2.13. The van der Waals surface area contributed by atoms with Gasteiger partial charge in [0.1, 0.15) is 0 Å². The number of anilines is 1.